The monoisotopic (exact) mass is 350 g/mol. The minimum Gasteiger partial charge on any atom is -0.352 e. The molecule has 0 saturated carbocycles. The molecule has 3 rings (SSSR count). The lowest BCUT2D eigenvalue weighted by molar-refractivity contribution is -0.121. The van der Waals surface area contributed by atoms with Crippen LogP contribution in [0.1, 0.15) is 41.5 Å². The fourth-order valence-electron chi connectivity index (χ4n) is 3.42. The van der Waals surface area contributed by atoms with E-state index < -0.39 is 0 Å². The summed E-state index contributed by atoms with van der Waals surface area (Å²) in [6, 6.07) is 14.2. The van der Waals surface area contributed by atoms with Crippen LogP contribution in [-0.4, -0.2) is 18.4 Å². The SMILES string of the molecule is Cc1ccc(CCC(=O)NCc2cccc(N3CCCC3=O)c2)c(C)c1. The van der Waals surface area contributed by atoms with E-state index in [4.69, 9.17) is 0 Å². The third-order valence-corrected chi connectivity index (χ3v) is 4.90. The lowest BCUT2D eigenvalue weighted by atomic mass is 10.0. The van der Waals surface area contributed by atoms with Crippen molar-refractivity contribution in [1.29, 1.82) is 0 Å². The van der Waals surface area contributed by atoms with Crippen molar-refractivity contribution in [1.82, 2.24) is 5.32 Å². The number of amides is 2. The number of carbonyl (C=O) groups is 2. The Bertz CT molecular complexity index is 814. The highest BCUT2D eigenvalue weighted by Crippen LogP contribution is 2.22. The molecule has 2 aromatic carbocycles. The molecule has 4 nitrogen and oxygen atoms in total. The van der Waals surface area contributed by atoms with Crippen molar-refractivity contribution < 1.29 is 9.59 Å². The van der Waals surface area contributed by atoms with Crippen LogP contribution in [0.15, 0.2) is 42.5 Å². The Hall–Kier alpha value is -2.62. The van der Waals surface area contributed by atoms with Crippen molar-refractivity contribution in [3.63, 3.8) is 0 Å². The van der Waals surface area contributed by atoms with Crippen molar-refractivity contribution in [2.45, 2.75) is 46.1 Å². The molecule has 26 heavy (non-hydrogen) atoms. The van der Waals surface area contributed by atoms with Crippen molar-refractivity contribution in [2.24, 2.45) is 0 Å². The van der Waals surface area contributed by atoms with Gasteiger partial charge in [0.1, 0.15) is 0 Å². The fraction of sp³-hybridized carbons (Fsp3) is 0.364. The first-order valence-electron chi connectivity index (χ1n) is 9.25. The maximum atomic E-state index is 12.2. The highest BCUT2D eigenvalue weighted by atomic mass is 16.2. The predicted molar refractivity (Wildman–Crippen MR) is 104 cm³/mol. The van der Waals surface area contributed by atoms with Crippen LogP contribution in [0.5, 0.6) is 0 Å². The number of benzene rings is 2. The number of nitrogens with one attached hydrogen (secondary N) is 1. The Morgan fingerprint density at radius 3 is 2.73 bits per heavy atom. The zero-order valence-corrected chi connectivity index (χ0v) is 15.5. The van der Waals surface area contributed by atoms with Gasteiger partial charge in [0.05, 0.1) is 0 Å². The molecule has 0 aromatic heterocycles. The molecule has 1 saturated heterocycles. The summed E-state index contributed by atoms with van der Waals surface area (Å²) in [6.45, 7) is 5.44. The number of rotatable bonds is 6. The summed E-state index contributed by atoms with van der Waals surface area (Å²) in [6.07, 6.45) is 2.77. The lowest BCUT2D eigenvalue weighted by Crippen LogP contribution is -2.25. The number of nitrogens with zero attached hydrogens (tertiary/aromatic N) is 1. The van der Waals surface area contributed by atoms with Gasteiger partial charge in [0.25, 0.3) is 0 Å². The van der Waals surface area contributed by atoms with Gasteiger partial charge in [-0.05, 0) is 55.5 Å². The molecule has 1 heterocycles. The minimum absolute atomic E-state index is 0.0487. The van der Waals surface area contributed by atoms with Crippen molar-refractivity contribution >= 4 is 17.5 Å². The summed E-state index contributed by atoms with van der Waals surface area (Å²) in [7, 11) is 0. The predicted octanol–water partition coefficient (Wildman–Crippen LogP) is 3.68. The second kappa shape index (κ2) is 8.17. The molecule has 0 radical (unpaired) electrons. The maximum absolute atomic E-state index is 12.2. The van der Waals surface area contributed by atoms with E-state index in [1.54, 1.807) is 0 Å². The summed E-state index contributed by atoms with van der Waals surface area (Å²) in [5.74, 6) is 0.229. The van der Waals surface area contributed by atoms with Crippen LogP contribution in [-0.2, 0) is 22.6 Å². The highest BCUT2D eigenvalue weighted by molar-refractivity contribution is 5.95. The first-order chi connectivity index (χ1) is 12.5. The quantitative estimate of drug-likeness (QED) is 0.864. The summed E-state index contributed by atoms with van der Waals surface area (Å²) < 4.78 is 0. The third-order valence-electron chi connectivity index (χ3n) is 4.90. The lowest BCUT2D eigenvalue weighted by Gasteiger charge is -2.16. The van der Waals surface area contributed by atoms with E-state index in [9.17, 15) is 9.59 Å². The molecular formula is C22H26N2O2. The largest absolute Gasteiger partial charge is 0.352 e. The van der Waals surface area contributed by atoms with Crippen LogP contribution >= 0.6 is 0 Å². The van der Waals surface area contributed by atoms with Crippen LogP contribution in [0.3, 0.4) is 0 Å². The van der Waals surface area contributed by atoms with E-state index in [0.717, 1.165) is 30.6 Å². The molecule has 1 aliphatic heterocycles. The van der Waals surface area contributed by atoms with Gasteiger partial charge in [-0.3, -0.25) is 9.59 Å². The molecule has 2 aromatic rings. The Morgan fingerprint density at radius 2 is 2.00 bits per heavy atom. The van der Waals surface area contributed by atoms with Crippen LogP contribution < -0.4 is 10.2 Å². The minimum atomic E-state index is 0.0487. The molecular weight excluding hydrogens is 324 g/mol. The fourth-order valence-corrected chi connectivity index (χ4v) is 3.42. The maximum Gasteiger partial charge on any atom is 0.227 e. The van der Waals surface area contributed by atoms with Gasteiger partial charge in [-0.1, -0.05) is 35.9 Å². The normalized spacial score (nSPS) is 13.9. The number of hydrogen-bond donors (Lipinski definition) is 1. The molecule has 2 amide bonds. The summed E-state index contributed by atoms with van der Waals surface area (Å²) in [5, 5.41) is 2.99. The zero-order valence-electron chi connectivity index (χ0n) is 15.5. The van der Waals surface area contributed by atoms with Gasteiger partial charge >= 0.3 is 0 Å². The Morgan fingerprint density at radius 1 is 1.15 bits per heavy atom. The third kappa shape index (κ3) is 4.51. The molecule has 0 spiro atoms. The molecule has 136 valence electrons. The first kappa shape index (κ1) is 18.2. The number of aryl methyl sites for hydroxylation is 3. The van der Waals surface area contributed by atoms with Gasteiger partial charge < -0.3 is 10.2 Å². The zero-order chi connectivity index (χ0) is 18.5. The molecule has 0 atom stereocenters. The van der Waals surface area contributed by atoms with Gasteiger partial charge in [0, 0.05) is 31.6 Å². The molecule has 0 aliphatic carbocycles. The Labute approximate surface area is 155 Å². The first-order valence-corrected chi connectivity index (χ1v) is 9.25. The van der Waals surface area contributed by atoms with E-state index >= 15 is 0 Å². The van der Waals surface area contributed by atoms with Gasteiger partial charge in [-0.15, -0.1) is 0 Å². The molecule has 1 N–H and O–H groups in total. The average molecular weight is 350 g/mol. The molecule has 0 unspecified atom stereocenters. The number of carbonyl (C=O) groups excluding carboxylic acids is 2. The highest BCUT2D eigenvalue weighted by Gasteiger charge is 2.21. The van der Waals surface area contributed by atoms with E-state index in [1.807, 2.05) is 29.2 Å². The van der Waals surface area contributed by atoms with Crippen LogP contribution in [0.4, 0.5) is 5.69 Å². The molecule has 0 bridgehead atoms. The van der Waals surface area contributed by atoms with Gasteiger partial charge in [-0.2, -0.15) is 0 Å². The number of hydrogen-bond acceptors (Lipinski definition) is 2. The smallest absolute Gasteiger partial charge is 0.227 e. The van der Waals surface area contributed by atoms with Crippen molar-refractivity contribution in [3.05, 3.63) is 64.7 Å². The molecule has 4 heteroatoms. The summed E-state index contributed by atoms with van der Waals surface area (Å²) >= 11 is 0. The van der Waals surface area contributed by atoms with Crippen LogP contribution in [0.2, 0.25) is 0 Å². The van der Waals surface area contributed by atoms with Gasteiger partial charge in [0.2, 0.25) is 11.8 Å². The molecule has 1 aliphatic rings. The second-order valence-electron chi connectivity index (χ2n) is 7.03. The van der Waals surface area contributed by atoms with Crippen LogP contribution in [0.25, 0.3) is 0 Å². The van der Waals surface area contributed by atoms with Crippen molar-refractivity contribution in [3.8, 4) is 0 Å². The average Bonchev–Trinajstić information content (AvgIpc) is 3.05. The molecule has 1 fully saturated rings. The Kier molecular flexibility index (Phi) is 5.71. The van der Waals surface area contributed by atoms with Gasteiger partial charge in [0.15, 0.2) is 0 Å². The second-order valence-corrected chi connectivity index (χ2v) is 7.03. The standard InChI is InChI=1S/C22H26N2O2/c1-16-8-9-19(17(2)13-16)10-11-21(25)23-15-18-5-3-6-20(14-18)24-12-4-7-22(24)26/h3,5-6,8-9,13-14H,4,7,10-12,15H2,1-2H3,(H,23,25). The van der Waals surface area contributed by atoms with E-state index in [2.05, 4.69) is 37.4 Å². The summed E-state index contributed by atoms with van der Waals surface area (Å²) in [4.78, 5) is 25.9. The topological polar surface area (TPSA) is 49.4 Å². The van der Waals surface area contributed by atoms with Gasteiger partial charge in [-0.25, -0.2) is 0 Å². The number of anilines is 1. The van der Waals surface area contributed by atoms with E-state index in [1.165, 1.54) is 16.7 Å². The van der Waals surface area contributed by atoms with Crippen LogP contribution in [0, 0.1) is 13.8 Å². The van der Waals surface area contributed by atoms with Crippen molar-refractivity contribution in [2.75, 3.05) is 11.4 Å². The van der Waals surface area contributed by atoms with E-state index in [-0.39, 0.29) is 11.8 Å². The summed E-state index contributed by atoms with van der Waals surface area (Å²) in [5.41, 5.74) is 5.64. The Balaban J connectivity index is 1.52. The van der Waals surface area contributed by atoms with E-state index in [0.29, 0.717) is 19.4 Å².